The minimum atomic E-state index is -3.69. The van der Waals surface area contributed by atoms with Gasteiger partial charge in [-0.15, -0.1) is 0 Å². The Balaban J connectivity index is 2.36. The average Bonchev–Trinajstić information content (AvgIpc) is 2.44. The fourth-order valence-electron chi connectivity index (χ4n) is 1.96. The number of rotatable bonds is 4. The molecule has 0 spiro atoms. The van der Waals surface area contributed by atoms with Crippen LogP contribution in [0.1, 0.15) is 11.1 Å². The van der Waals surface area contributed by atoms with Crippen LogP contribution in [0.25, 0.3) is 0 Å². The summed E-state index contributed by atoms with van der Waals surface area (Å²) < 4.78 is 26.5. The van der Waals surface area contributed by atoms with Crippen molar-refractivity contribution >= 4 is 33.2 Å². The summed E-state index contributed by atoms with van der Waals surface area (Å²) in [6.45, 7) is 2.22. The fourth-order valence-corrected chi connectivity index (χ4v) is 3.84. The van der Waals surface area contributed by atoms with Crippen LogP contribution in [0.3, 0.4) is 0 Å². The summed E-state index contributed by atoms with van der Waals surface area (Å²) in [7, 11) is -2.16. The second-order valence-electron chi connectivity index (χ2n) is 4.74. The summed E-state index contributed by atoms with van der Waals surface area (Å²) in [4.78, 5) is 0.0211. The summed E-state index contributed by atoms with van der Waals surface area (Å²) in [5, 5.41) is 0.276. The molecule has 2 rings (SSSR count). The summed E-state index contributed by atoms with van der Waals surface area (Å²) >= 11 is 11.9. The third kappa shape index (κ3) is 3.40. The van der Waals surface area contributed by atoms with E-state index < -0.39 is 10.0 Å². The topological polar surface area (TPSA) is 37.4 Å². The highest BCUT2D eigenvalue weighted by molar-refractivity contribution is 7.89. The van der Waals surface area contributed by atoms with E-state index in [2.05, 4.69) is 0 Å². The second-order valence-corrected chi connectivity index (χ2v) is 7.54. The SMILES string of the molecule is Cc1ccccc1CN(C)S(=O)(=O)c1cccc(Cl)c1Cl. The first-order chi connectivity index (χ1) is 9.84. The average molecular weight is 344 g/mol. The Hall–Kier alpha value is -1.07. The lowest BCUT2D eigenvalue weighted by Gasteiger charge is -2.19. The molecule has 0 amide bonds. The molecule has 0 aliphatic heterocycles. The summed E-state index contributed by atoms with van der Waals surface area (Å²) in [5.74, 6) is 0. The molecule has 0 saturated carbocycles. The van der Waals surface area contributed by atoms with E-state index in [1.807, 2.05) is 31.2 Å². The van der Waals surface area contributed by atoms with Crippen LogP contribution < -0.4 is 0 Å². The largest absolute Gasteiger partial charge is 0.244 e. The van der Waals surface area contributed by atoms with Gasteiger partial charge in [-0.2, -0.15) is 4.31 Å². The number of halogens is 2. The van der Waals surface area contributed by atoms with E-state index in [4.69, 9.17) is 23.2 Å². The normalized spacial score (nSPS) is 11.9. The molecule has 0 bridgehead atoms. The number of benzene rings is 2. The molecule has 0 heterocycles. The molecule has 0 atom stereocenters. The first-order valence-electron chi connectivity index (χ1n) is 6.29. The molecule has 0 N–H and O–H groups in total. The van der Waals surface area contributed by atoms with Crippen molar-refractivity contribution in [1.29, 1.82) is 0 Å². The van der Waals surface area contributed by atoms with Crippen molar-refractivity contribution in [3.8, 4) is 0 Å². The Kier molecular flexibility index (Phi) is 4.94. The minimum absolute atomic E-state index is 0.0211. The smallest absolute Gasteiger partial charge is 0.207 e. The van der Waals surface area contributed by atoms with Crippen LogP contribution in [0.15, 0.2) is 47.4 Å². The van der Waals surface area contributed by atoms with E-state index in [1.54, 1.807) is 12.1 Å². The van der Waals surface area contributed by atoms with Crippen molar-refractivity contribution in [2.75, 3.05) is 7.05 Å². The Morgan fingerprint density at radius 3 is 2.38 bits per heavy atom. The lowest BCUT2D eigenvalue weighted by atomic mass is 10.1. The first kappa shape index (κ1) is 16.3. The second kappa shape index (κ2) is 6.36. The highest BCUT2D eigenvalue weighted by atomic mass is 35.5. The van der Waals surface area contributed by atoms with E-state index in [0.29, 0.717) is 0 Å². The lowest BCUT2D eigenvalue weighted by molar-refractivity contribution is 0.466. The van der Waals surface area contributed by atoms with Gasteiger partial charge in [-0.3, -0.25) is 0 Å². The molecule has 0 saturated heterocycles. The van der Waals surface area contributed by atoms with Gasteiger partial charge in [-0.1, -0.05) is 53.5 Å². The molecule has 112 valence electrons. The predicted molar refractivity (Wildman–Crippen MR) is 86.3 cm³/mol. The van der Waals surface area contributed by atoms with Crippen LogP contribution in [0.5, 0.6) is 0 Å². The van der Waals surface area contributed by atoms with Crippen molar-refractivity contribution < 1.29 is 8.42 Å². The van der Waals surface area contributed by atoms with E-state index in [9.17, 15) is 8.42 Å². The molecule has 3 nitrogen and oxygen atoms in total. The van der Waals surface area contributed by atoms with E-state index >= 15 is 0 Å². The van der Waals surface area contributed by atoms with Gasteiger partial charge < -0.3 is 0 Å². The summed E-state index contributed by atoms with van der Waals surface area (Å²) in [5.41, 5.74) is 1.98. The molecule has 0 unspecified atom stereocenters. The van der Waals surface area contributed by atoms with Crippen molar-refractivity contribution in [2.45, 2.75) is 18.4 Å². The molecule has 2 aromatic carbocycles. The van der Waals surface area contributed by atoms with Gasteiger partial charge in [0.1, 0.15) is 4.90 Å². The molecular formula is C15H15Cl2NO2S. The predicted octanol–water partition coefficient (Wildman–Crippen LogP) is 4.12. The monoisotopic (exact) mass is 343 g/mol. The molecule has 0 aromatic heterocycles. The van der Waals surface area contributed by atoms with Crippen molar-refractivity contribution in [1.82, 2.24) is 4.31 Å². The van der Waals surface area contributed by atoms with Gasteiger partial charge in [0.25, 0.3) is 0 Å². The first-order valence-corrected chi connectivity index (χ1v) is 8.48. The summed E-state index contributed by atoms with van der Waals surface area (Å²) in [6, 6.07) is 12.2. The van der Waals surface area contributed by atoms with Gasteiger partial charge in [-0.25, -0.2) is 8.42 Å². The molecule has 0 aliphatic carbocycles. The molecule has 6 heteroatoms. The summed E-state index contributed by atoms with van der Waals surface area (Å²) in [6.07, 6.45) is 0. The van der Waals surface area contributed by atoms with Crippen LogP contribution >= 0.6 is 23.2 Å². The van der Waals surface area contributed by atoms with Crippen molar-refractivity contribution in [3.05, 3.63) is 63.6 Å². The zero-order chi connectivity index (χ0) is 15.6. The maximum absolute atomic E-state index is 12.6. The van der Waals surface area contributed by atoms with Crippen molar-refractivity contribution in [2.24, 2.45) is 0 Å². The fraction of sp³-hybridized carbons (Fsp3) is 0.200. The third-order valence-corrected chi connectivity index (χ3v) is 6.04. The van der Waals surface area contributed by atoms with Crippen LogP contribution in [0.4, 0.5) is 0 Å². The van der Waals surface area contributed by atoms with Gasteiger partial charge in [0.15, 0.2) is 0 Å². The Labute approximate surface area is 135 Å². The van der Waals surface area contributed by atoms with Gasteiger partial charge >= 0.3 is 0 Å². The van der Waals surface area contributed by atoms with Crippen molar-refractivity contribution in [3.63, 3.8) is 0 Å². The zero-order valence-corrected chi connectivity index (χ0v) is 14.0. The molecule has 21 heavy (non-hydrogen) atoms. The van der Waals surface area contributed by atoms with Crippen LogP contribution in [0, 0.1) is 6.92 Å². The molecule has 0 fully saturated rings. The lowest BCUT2D eigenvalue weighted by Crippen LogP contribution is -2.27. The van der Waals surface area contributed by atoms with Gasteiger partial charge in [-0.05, 0) is 30.2 Å². The molecular weight excluding hydrogens is 329 g/mol. The van der Waals surface area contributed by atoms with Gasteiger partial charge in [0, 0.05) is 13.6 Å². The van der Waals surface area contributed by atoms with Gasteiger partial charge in [0.05, 0.1) is 10.0 Å². The highest BCUT2D eigenvalue weighted by Crippen LogP contribution is 2.31. The number of hydrogen-bond acceptors (Lipinski definition) is 2. The Bertz CT molecular complexity index is 760. The zero-order valence-electron chi connectivity index (χ0n) is 11.7. The Morgan fingerprint density at radius 2 is 1.71 bits per heavy atom. The molecule has 0 radical (unpaired) electrons. The number of nitrogens with zero attached hydrogens (tertiary/aromatic N) is 1. The van der Waals surface area contributed by atoms with E-state index in [0.717, 1.165) is 11.1 Å². The third-order valence-electron chi connectivity index (χ3n) is 3.26. The van der Waals surface area contributed by atoms with E-state index in [-0.39, 0.29) is 21.5 Å². The van der Waals surface area contributed by atoms with Crippen LogP contribution in [0.2, 0.25) is 10.0 Å². The quantitative estimate of drug-likeness (QED) is 0.837. The van der Waals surface area contributed by atoms with Gasteiger partial charge in [0.2, 0.25) is 10.0 Å². The molecule has 0 aliphatic rings. The van der Waals surface area contributed by atoms with E-state index in [1.165, 1.54) is 17.4 Å². The molecule has 2 aromatic rings. The minimum Gasteiger partial charge on any atom is -0.207 e. The highest BCUT2D eigenvalue weighted by Gasteiger charge is 2.24. The van der Waals surface area contributed by atoms with Crippen LogP contribution in [-0.2, 0) is 16.6 Å². The number of hydrogen-bond donors (Lipinski definition) is 0. The number of aryl methyl sites for hydroxylation is 1. The maximum atomic E-state index is 12.6. The Morgan fingerprint density at radius 1 is 1.05 bits per heavy atom. The standard InChI is InChI=1S/C15H15Cl2NO2S/c1-11-6-3-4-7-12(11)10-18(2)21(19,20)14-9-5-8-13(16)15(14)17/h3-9H,10H2,1-2H3. The maximum Gasteiger partial charge on any atom is 0.244 e. The van der Waals surface area contributed by atoms with Crippen LogP contribution in [-0.4, -0.2) is 19.8 Å². The number of sulfonamides is 1.